The van der Waals surface area contributed by atoms with Crippen molar-refractivity contribution in [1.82, 2.24) is 0 Å². The number of carbonyl (C=O) groups excluding carboxylic acids is 2. The fourth-order valence-corrected chi connectivity index (χ4v) is 5.00. The minimum Gasteiger partial charge on any atom is -0.478 e. The van der Waals surface area contributed by atoms with Crippen LogP contribution in [0, 0.1) is 0 Å². The first-order chi connectivity index (χ1) is 19.9. The third-order valence-electron chi connectivity index (χ3n) is 5.89. The molecule has 42 heavy (non-hydrogen) atoms. The average Bonchev–Trinajstić information content (AvgIpc) is 2.95. The summed E-state index contributed by atoms with van der Waals surface area (Å²) in [6.07, 6.45) is -4.58. The van der Waals surface area contributed by atoms with Crippen molar-refractivity contribution in [3.63, 3.8) is 0 Å². The van der Waals surface area contributed by atoms with Crippen molar-refractivity contribution in [3.8, 4) is 0 Å². The molecule has 0 radical (unpaired) electrons. The number of amides is 2. The number of rotatable bonds is 9. The van der Waals surface area contributed by atoms with Gasteiger partial charge in [0.25, 0.3) is 5.91 Å². The maximum Gasteiger partial charge on any atom is 0.416 e. The van der Waals surface area contributed by atoms with Crippen LogP contribution in [0.1, 0.15) is 47.5 Å². The summed E-state index contributed by atoms with van der Waals surface area (Å²) in [6, 6.07) is 22.3. The molecule has 1 unspecified atom stereocenters. The van der Waals surface area contributed by atoms with Crippen molar-refractivity contribution < 1.29 is 42.6 Å². The number of carboxylic acid groups (broad SMARTS) is 2. The second-order valence-corrected chi connectivity index (χ2v) is 10.0. The van der Waals surface area contributed by atoms with Crippen LogP contribution < -0.4 is 10.6 Å². The van der Waals surface area contributed by atoms with Crippen LogP contribution in [0.3, 0.4) is 0 Å². The third-order valence-corrected chi connectivity index (χ3v) is 7.13. The van der Waals surface area contributed by atoms with E-state index < -0.39 is 46.3 Å². The summed E-state index contributed by atoms with van der Waals surface area (Å²) in [6.45, 7) is 0. The number of hydrogen-bond donors (Lipinski definition) is 4. The Morgan fingerprint density at radius 1 is 0.690 bits per heavy atom. The zero-order valence-electron chi connectivity index (χ0n) is 21.4. The van der Waals surface area contributed by atoms with Gasteiger partial charge in [0, 0.05) is 16.3 Å². The van der Waals surface area contributed by atoms with Gasteiger partial charge in [0.05, 0.1) is 22.3 Å². The van der Waals surface area contributed by atoms with Crippen molar-refractivity contribution in [3.05, 3.63) is 125 Å². The van der Waals surface area contributed by atoms with Gasteiger partial charge in [0.2, 0.25) is 5.91 Å². The molecule has 4 rings (SSSR count). The van der Waals surface area contributed by atoms with Gasteiger partial charge in [-0.15, -0.1) is 11.8 Å². The zero-order chi connectivity index (χ0) is 30.4. The van der Waals surface area contributed by atoms with Crippen molar-refractivity contribution in [2.45, 2.75) is 16.3 Å². The van der Waals surface area contributed by atoms with E-state index in [4.69, 9.17) is 5.11 Å². The molecule has 4 N–H and O–H groups in total. The summed E-state index contributed by atoms with van der Waals surface area (Å²) in [5.41, 5.74) is -1.14. The van der Waals surface area contributed by atoms with Crippen LogP contribution in [0.2, 0.25) is 0 Å². The number of alkyl halides is 3. The maximum atomic E-state index is 13.3. The predicted molar refractivity (Wildman–Crippen MR) is 150 cm³/mol. The smallest absolute Gasteiger partial charge is 0.416 e. The van der Waals surface area contributed by atoms with Crippen LogP contribution in [0.4, 0.5) is 24.5 Å². The van der Waals surface area contributed by atoms with E-state index in [-0.39, 0.29) is 22.5 Å². The molecular formula is C30H21F3N2O6S. The van der Waals surface area contributed by atoms with Gasteiger partial charge in [-0.25, -0.2) is 9.59 Å². The lowest BCUT2D eigenvalue weighted by Gasteiger charge is -2.18. The number of anilines is 2. The lowest BCUT2D eigenvalue weighted by Crippen LogP contribution is -2.19. The lowest BCUT2D eigenvalue weighted by atomic mass is 10.0. The van der Waals surface area contributed by atoms with E-state index in [1.54, 1.807) is 48.5 Å². The van der Waals surface area contributed by atoms with Crippen molar-refractivity contribution in [1.29, 1.82) is 0 Å². The summed E-state index contributed by atoms with van der Waals surface area (Å²) >= 11 is 1.08. The zero-order valence-corrected chi connectivity index (χ0v) is 22.2. The quantitative estimate of drug-likeness (QED) is 0.156. The maximum absolute atomic E-state index is 13.3. The van der Waals surface area contributed by atoms with Crippen LogP contribution in [0.15, 0.2) is 102 Å². The molecule has 0 heterocycles. The van der Waals surface area contributed by atoms with E-state index in [9.17, 15) is 37.5 Å². The van der Waals surface area contributed by atoms with Crippen LogP contribution in [-0.2, 0) is 11.0 Å². The molecule has 0 spiro atoms. The van der Waals surface area contributed by atoms with Gasteiger partial charge in [-0.1, -0.05) is 42.5 Å². The number of benzene rings is 4. The van der Waals surface area contributed by atoms with Crippen molar-refractivity contribution in [2.24, 2.45) is 0 Å². The van der Waals surface area contributed by atoms with Gasteiger partial charge in [-0.05, 0) is 60.2 Å². The molecule has 0 aromatic heterocycles. The van der Waals surface area contributed by atoms with E-state index in [0.717, 1.165) is 42.1 Å². The van der Waals surface area contributed by atoms with E-state index >= 15 is 0 Å². The number of carboxylic acids is 2. The van der Waals surface area contributed by atoms with Crippen LogP contribution >= 0.6 is 11.8 Å². The second kappa shape index (κ2) is 12.6. The van der Waals surface area contributed by atoms with Crippen molar-refractivity contribution in [2.75, 3.05) is 10.6 Å². The monoisotopic (exact) mass is 594 g/mol. The second-order valence-electron chi connectivity index (χ2n) is 8.83. The van der Waals surface area contributed by atoms with E-state index in [1.807, 2.05) is 0 Å². The highest BCUT2D eigenvalue weighted by Crippen LogP contribution is 2.38. The molecule has 4 aromatic carbocycles. The lowest BCUT2D eigenvalue weighted by molar-refractivity contribution is -0.137. The van der Waals surface area contributed by atoms with Crippen LogP contribution in [0.25, 0.3) is 0 Å². The molecule has 4 aromatic rings. The highest BCUT2D eigenvalue weighted by atomic mass is 32.2. The van der Waals surface area contributed by atoms with Gasteiger partial charge < -0.3 is 20.8 Å². The molecule has 0 saturated heterocycles. The molecular weight excluding hydrogens is 573 g/mol. The Kier molecular flexibility index (Phi) is 8.96. The molecule has 12 heteroatoms. The Bertz CT molecular complexity index is 1660. The summed E-state index contributed by atoms with van der Waals surface area (Å²) in [5.74, 6) is -4.21. The summed E-state index contributed by atoms with van der Waals surface area (Å²) in [4.78, 5) is 49.6. The number of halogens is 3. The molecule has 1 atom stereocenters. The fraction of sp³-hybridized carbons (Fsp3) is 0.0667. The third kappa shape index (κ3) is 7.34. The topological polar surface area (TPSA) is 133 Å². The largest absolute Gasteiger partial charge is 0.478 e. The number of carbonyl (C=O) groups is 4. The first-order valence-electron chi connectivity index (χ1n) is 12.1. The Balaban J connectivity index is 1.57. The van der Waals surface area contributed by atoms with Gasteiger partial charge in [-0.3, -0.25) is 9.59 Å². The summed E-state index contributed by atoms with van der Waals surface area (Å²) in [7, 11) is 0. The Hall–Kier alpha value is -5.10. The number of nitrogens with one attached hydrogen (secondary N) is 2. The molecule has 0 bridgehead atoms. The molecule has 0 aliphatic carbocycles. The first-order valence-corrected chi connectivity index (χ1v) is 13.0. The van der Waals surface area contributed by atoms with Gasteiger partial charge >= 0.3 is 18.1 Å². The van der Waals surface area contributed by atoms with Gasteiger partial charge in [0.1, 0.15) is 5.25 Å². The van der Waals surface area contributed by atoms with E-state index in [0.29, 0.717) is 10.5 Å². The van der Waals surface area contributed by atoms with Crippen LogP contribution in [0.5, 0.6) is 0 Å². The summed E-state index contributed by atoms with van der Waals surface area (Å²) < 4.78 is 39.5. The number of thioether (sulfide) groups is 1. The SMILES string of the molecule is O=C(O)c1ccc(C(=O)Nc2cccc(SC(C(=O)Nc3cccc(C(F)(F)F)c3)c3ccccc3)c2)c(C(=O)O)c1. The normalized spacial score (nSPS) is 11.8. The van der Waals surface area contributed by atoms with Crippen LogP contribution in [-0.4, -0.2) is 34.0 Å². The summed E-state index contributed by atoms with van der Waals surface area (Å²) in [5, 5.41) is 22.8. The molecule has 2 amide bonds. The molecule has 0 aliphatic rings. The molecule has 0 fully saturated rings. The van der Waals surface area contributed by atoms with Gasteiger partial charge in [0.15, 0.2) is 0 Å². The van der Waals surface area contributed by atoms with E-state index in [2.05, 4.69) is 10.6 Å². The minimum absolute atomic E-state index is 0.0273. The minimum atomic E-state index is -4.58. The van der Waals surface area contributed by atoms with E-state index in [1.165, 1.54) is 18.2 Å². The number of hydrogen-bond acceptors (Lipinski definition) is 5. The average molecular weight is 595 g/mol. The van der Waals surface area contributed by atoms with Gasteiger partial charge in [-0.2, -0.15) is 13.2 Å². The molecule has 0 saturated carbocycles. The first kappa shape index (κ1) is 29.9. The number of aromatic carboxylic acids is 2. The highest BCUT2D eigenvalue weighted by Gasteiger charge is 2.31. The Labute approximate surface area is 241 Å². The highest BCUT2D eigenvalue weighted by molar-refractivity contribution is 8.00. The Morgan fingerprint density at radius 2 is 1.36 bits per heavy atom. The molecule has 0 aliphatic heterocycles. The standard InChI is InChI=1S/C30H21F3N2O6S/c31-30(32,33)19-8-4-9-20(15-19)35-27(37)25(17-6-2-1-3-7-17)42-22-11-5-10-21(16-22)34-26(36)23-13-12-18(28(38)39)14-24(23)29(40)41/h1-16,25H,(H,34,36)(H,35,37)(H,38,39)(H,40,41). The molecule has 8 nitrogen and oxygen atoms in total. The predicted octanol–water partition coefficient (Wildman–Crippen LogP) is 6.83. The molecule has 214 valence electrons. The fourth-order valence-electron chi connectivity index (χ4n) is 3.92. The van der Waals surface area contributed by atoms with Crippen molar-refractivity contribution >= 4 is 46.9 Å². The Morgan fingerprint density at radius 3 is 2.00 bits per heavy atom.